The standard InChI is InChI=1S/C20H28N2O4/c1-13(2)15-11-17(26-21-15)16-7-6-8-22(16)12-14-9-18(23-3)20(25-5)19(10-14)24-4/h9-11,13,16H,6-8,12H2,1-5H3. The summed E-state index contributed by atoms with van der Waals surface area (Å²) in [5.41, 5.74) is 2.13. The van der Waals surface area contributed by atoms with Gasteiger partial charge in [-0.25, -0.2) is 0 Å². The summed E-state index contributed by atoms with van der Waals surface area (Å²) in [6.45, 7) is 6.08. The molecule has 0 amide bonds. The predicted octanol–water partition coefficient (Wildman–Crippen LogP) is 4.16. The predicted molar refractivity (Wildman–Crippen MR) is 99.1 cm³/mol. The number of aromatic nitrogens is 1. The minimum absolute atomic E-state index is 0.258. The van der Waals surface area contributed by atoms with Crippen LogP contribution in [0.25, 0.3) is 0 Å². The summed E-state index contributed by atoms with van der Waals surface area (Å²) in [4.78, 5) is 2.42. The molecule has 0 radical (unpaired) electrons. The third-order valence-corrected chi connectivity index (χ3v) is 4.94. The van der Waals surface area contributed by atoms with Crippen LogP contribution in [-0.4, -0.2) is 37.9 Å². The lowest BCUT2D eigenvalue weighted by molar-refractivity contribution is 0.205. The van der Waals surface area contributed by atoms with E-state index in [1.165, 1.54) is 0 Å². The molecule has 1 aliphatic rings. The second-order valence-corrected chi connectivity index (χ2v) is 6.97. The van der Waals surface area contributed by atoms with Crippen LogP contribution >= 0.6 is 0 Å². The molecule has 1 unspecified atom stereocenters. The van der Waals surface area contributed by atoms with Crippen molar-refractivity contribution in [1.82, 2.24) is 10.1 Å². The third kappa shape index (κ3) is 3.65. The second kappa shape index (κ2) is 7.99. The molecule has 0 N–H and O–H groups in total. The van der Waals surface area contributed by atoms with Gasteiger partial charge >= 0.3 is 0 Å². The Kier molecular flexibility index (Phi) is 5.71. The third-order valence-electron chi connectivity index (χ3n) is 4.94. The zero-order valence-corrected chi connectivity index (χ0v) is 16.2. The Hall–Kier alpha value is -2.21. The van der Waals surface area contributed by atoms with Crippen molar-refractivity contribution in [3.05, 3.63) is 35.2 Å². The molecule has 142 valence electrons. The van der Waals surface area contributed by atoms with E-state index in [0.29, 0.717) is 23.2 Å². The van der Waals surface area contributed by atoms with Crippen LogP contribution in [0, 0.1) is 0 Å². The fraction of sp³-hybridized carbons (Fsp3) is 0.550. The maximum Gasteiger partial charge on any atom is 0.203 e. The van der Waals surface area contributed by atoms with Crippen molar-refractivity contribution in [3.8, 4) is 17.2 Å². The van der Waals surface area contributed by atoms with E-state index in [4.69, 9.17) is 18.7 Å². The number of benzene rings is 1. The molecular formula is C20H28N2O4. The van der Waals surface area contributed by atoms with Gasteiger partial charge in [0.1, 0.15) is 0 Å². The summed E-state index contributed by atoms with van der Waals surface area (Å²) in [6.07, 6.45) is 2.23. The van der Waals surface area contributed by atoms with Gasteiger partial charge in [-0.3, -0.25) is 4.90 Å². The van der Waals surface area contributed by atoms with E-state index in [1.54, 1.807) is 21.3 Å². The Bertz CT molecular complexity index is 716. The molecule has 2 heterocycles. The van der Waals surface area contributed by atoms with E-state index in [0.717, 1.165) is 42.9 Å². The molecule has 6 heteroatoms. The molecule has 1 aliphatic heterocycles. The molecule has 26 heavy (non-hydrogen) atoms. The normalized spacial score (nSPS) is 17.7. The summed E-state index contributed by atoms with van der Waals surface area (Å²) in [5.74, 6) is 3.31. The van der Waals surface area contributed by atoms with Crippen molar-refractivity contribution < 1.29 is 18.7 Å². The van der Waals surface area contributed by atoms with Gasteiger partial charge in [0.15, 0.2) is 17.3 Å². The van der Waals surface area contributed by atoms with Gasteiger partial charge < -0.3 is 18.7 Å². The van der Waals surface area contributed by atoms with E-state index in [9.17, 15) is 0 Å². The SMILES string of the molecule is COc1cc(CN2CCCC2c2cc(C(C)C)no2)cc(OC)c1OC. The van der Waals surface area contributed by atoms with Crippen molar-refractivity contribution >= 4 is 0 Å². The highest BCUT2D eigenvalue weighted by atomic mass is 16.5. The van der Waals surface area contributed by atoms with Gasteiger partial charge in [-0.05, 0) is 43.0 Å². The molecule has 6 nitrogen and oxygen atoms in total. The molecule has 1 aromatic carbocycles. The first kappa shape index (κ1) is 18.6. The molecule has 1 atom stereocenters. The van der Waals surface area contributed by atoms with Crippen LogP contribution in [0.15, 0.2) is 22.7 Å². The number of ether oxygens (including phenoxy) is 3. The van der Waals surface area contributed by atoms with Crippen molar-refractivity contribution in [2.75, 3.05) is 27.9 Å². The molecule has 1 saturated heterocycles. The van der Waals surface area contributed by atoms with Gasteiger partial charge in [-0.2, -0.15) is 0 Å². The van der Waals surface area contributed by atoms with E-state index >= 15 is 0 Å². The van der Waals surface area contributed by atoms with Gasteiger partial charge in [0.25, 0.3) is 0 Å². The van der Waals surface area contributed by atoms with Crippen molar-refractivity contribution in [2.45, 2.75) is 45.2 Å². The van der Waals surface area contributed by atoms with E-state index < -0.39 is 0 Å². The summed E-state index contributed by atoms with van der Waals surface area (Å²) < 4.78 is 22.0. The first-order valence-corrected chi connectivity index (χ1v) is 9.06. The Morgan fingerprint density at radius 2 is 1.81 bits per heavy atom. The highest BCUT2D eigenvalue weighted by Gasteiger charge is 2.30. The van der Waals surface area contributed by atoms with Gasteiger partial charge in [-0.15, -0.1) is 0 Å². The minimum Gasteiger partial charge on any atom is -0.493 e. The maximum atomic E-state index is 5.64. The van der Waals surface area contributed by atoms with Gasteiger partial charge in [-0.1, -0.05) is 19.0 Å². The molecule has 0 bridgehead atoms. The number of hydrogen-bond donors (Lipinski definition) is 0. The smallest absolute Gasteiger partial charge is 0.203 e. The number of rotatable bonds is 7. The van der Waals surface area contributed by atoms with Gasteiger partial charge in [0.05, 0.1) is 33.1 Å². The minimum atomic E-state index is 0.258. The zero-order valence-electron chi connectivity index (χ0n) is 16.2. The fourth-order valence-corrected chi connectivity index (χ4v) is 3.53. The van der Waals surface area contributed by atoms with E-state index in [2.05, 4.69) is 30.0 Å². The van der Waals surface area contributed by atoms with Crippen LogP contribution in [0.5, 0.6) is 17.2 Å². The van der Waals surface area contributed by atoms with Gasteiger partial charge in [0, 0.05) is 12.6 Å². The number of likely N-dealkylation sites (tertiary alicyclic amines) is 1. The molecule has 2 aromatic rings. The molecule has 0 saturated carbocycles. The lowest BCUT2D eigenvalue weighted by Crippen LogP contribution is -2.22. The highest BCUT2D eigenvalue weighted by Crippen LogP contribution is 2.40. The Morgan fingerprint density at radius 3 is 2.35 bits per heavy atom. The average molecular weight is 360 g/mol. The first-order chi connectivity index (χ1) is 12.6. The number of hydrogen-bond acceptors (Lipinski definition) is 6. The molecular weight excluding hydrogens is 332 g/mol. The second-order valence-electron chi connectivity index (χ2n) is 6.97. The summed E-state index contributed by atoms with van der Waals surface area (Å²) in [7, 11) is 4.90. The molecule has 3 rings (SSSR count). The Morgan fingerprint density at radius 1 is 1.12 bits per heavy atom. The molecule has 0 spiro atoms. The van der Waals surface area contributed by atoms with Crippen molar-refractivity contribution in [3.63, 3.8) is 0 Å². The molecule has 0 aliphatic carbocycles. The average Bonchev–Trinajstić information content (AvgIpc) is 3.29. The van der Waals surface area contributed by atoms with Crippen LogP contribution in [-0.2, 0) is 6.54 Å². The van der Waals surface area contributed by atoms with Crippen LogP contribution in [0.4, 0.5) is 0 Å². The highest BCUT2D eigenvalue weighted by molar-refractivity contribution is 5.53. The van der Waals surface area contributed by atoms with Crippen LogP contribution in [0.1, 0.15) is 55.7 Å². The Labute approximate surface area is 155 Å². The topological polar surface area (TPSA) is 57.0 Å². The largest absolute Gasteiger partial charge is 0.493 e. The number of nitrogens with zero attached hydrogens (tertiary/aromatic N) is 2. The fourth-order valence-electron chi connectivity index (χ4n) is 3.53. The number of methoxy groups -OCH3 is 3. The van der Waals surface area contributed by atoms with Crippen molar-refractivity contribution in [1.29, 1.82) is 0 Å². The lowest BCUT2D eigenvalue weighted by atomic mass is 10.1. The monoisotopic (exact) mass is 360 g/mol. The molecule has 1 fully saturated rings. The van der Waals surface area contributed by atoms with E-state index in [1.807, 2.05) is 12.1 Å². The summed E-state index contributed by atoms with van der Waals surface area (Å²) >= 11 is 0. The zero-order chi connectivity index (χ0) is 18.7. The van der Waals surface area contributed by atoms with Crippen LogP contribution in [0.3, 0.4) is 0 Å². The van der Waals surface area contributed by atoms with E-state index in [-0.39, 0.29) is 6.04 Å². The van der Waals surface area contributed by atoms with Gasteiger partial charge in [0.2, 0.25) is 5.75 Å². The quantitative estimate of drug-likeness (QED) is 0.739. The van der Waals surface area contributed by atoms with Crippen LogP contribution < -0.4 is 14.2 Å². The maximum absolute atomic E-state index is 5.64. The van der Waals surface area contributed by atoms with Crippen LogP contribution in [0.2, 0.25) is 0 Å². The summed E-state index contributed by atoms with van der Waals surface area (Å²) in [6, 6.07) is 6.38. The molecule has 1 aromatic heterocycles. The lowest BCUT2D eigenvalue weighted by Gasteiger charge is -2.23. The first-order valence-electron chi connectivity index (χ1n) is 9.06. The Balaban J connectivity index is 1.83. The van der Waals surface area contributed by atoms with Crippen molar-refractivity contribution in [2.24, 2.45) is 0 Å². The summed E-state index contributed by atoms with van der Waals surface area (Å²) in [5, 5.41) is 4.22.